The van der Waals surface area contributed by atoms with Gasteiger partial charge in [-0.1, -0.05) is 50.5 Å². The smallest absolute Gasteiger partial charge is 0.165 e. The van der Waals surface area contributed by atoms with E-state index in [0.717, 1.165) is 36.2 Å². The molecule has 4 atom stereocenters. The first kappa shape index (κ1) is 21.3. The van der Waals surface area contributed by atoms with Gasteiger partial charge in [-0.05, 0) is 85.8 Å². The van der Waals surface area contributed by atoms with E-state index in [1.165, 1.54) is 44.6 Å². The molecule has 2 aromatic carbocycles. The van der Waals surface area contributed by atoms with Crippen molar-refractivity contribution in [3.05, 3.63) is 53.6 Å². The zero-order chi connectivity index (χ0) is 21.1. The van der Waals surface area contributed by atoms with Gasteiger partial charge in [-0.2, -0.15) is 0 Å². The van der Waals surface area contributed by atoms with Crippen LogP contribution >= 0.6 is 0 Å². The van der Waals surface area contributed by atoms with E-state index in [2.05, 4.69) is 6.92 Å². The zero-order valence-corrected chi connectivity index (χ0v) is 18.3. The monoisotopic (exact) mass is 412 g/mol. The van der Waals surface area contributed by atoms with Crippen LogP contribution in [0.3, 0.4) is 0 Å². The largest absolute Gasteiger partial charge is 0.486 e. The maximum Gasteiger partial charge on any atom is 0.165 e. The molecule has 0 N–H and O–H groups in total. The highest BCUT2D eigenvalue weighted by atomic mass is 19.1. The molecule has 1 nitrogen and oxygen atoms in total. The van der Waals surface area contributed by atoms with Gasteiger partial charge in [0.25, 0.3) is 0 Å². The van der Waals surface area contributed by atoms with Crippen molar-refractivity contribution in [1.29, 1.82) is 0 Å². The van der Waals surface area contributed by atoms with E-state index in [0.29, 0.717) is 17.4 Å². The van der Waals surface area contributed by atoms with Crippen LogP contribution in [0.2, 0.25) is 0 Å². The first-order valence-corrected chi connectivity index (χ1v) is 11.8. The normalized spacial score (nSPS) is 26.8. The van der Waals surface area contributed by atoms with E-state index in [-0.39, 0.29) is 17.5 Å². The number of ether oxygens (including phenoxy) is 1. The van der Waals surface area contributed by atoms with Gasteiger partial charge in [0, 0.05) is 5.39 Å². The fraction of sp³-hybridized carbons (Fsp3) is 0.556. The lowest BCUT2D eigenvalue weighted by Gasteiger charge is -2.42. The van der Waals surface area contributed by atoms with Gasteiger partial charge in [-0.25, -0.2) is 8.78 Å². The molecular weight excluding hydrogens is 378 g/mol. The number of halogens is 2. The predicted octanol–water partition coefficient (Wildman–Crippen LogP) is 8.17. The predicted molar refractivity (Wildman–Crippen MR) is 120 cm³/mol. The fourth-order valence-corrected chi connectivity index (χ4v) is 5.90. The van der Waals surface area contributed by atoms with Crippen LogP contribution in [0.1, 0.15) is 76.7 Å². The molecule has 30 heavy (non-hydrogen) atoms. The van der Waals surface area contributed by atoms with Gasteiger partial charge in [0.1, 0.15) is 12.4 Å². The first-order chi connectivity index (χ1) is 14.6. The molecule has 0 heterocycles. The Hall–Kier alpha value is -1.90. The molecule has 0 amide bonds. The Morgan fingerprint density at radius 1 is 1.03 bits per heavy atom. The minimum Gasteiger partial charge on any atom is -0.486 e. The summed E-state index contributed by atoms with van der Waals surface area (Å²) in [6.45, 7) is 4.48. The lowest BCUT2D eigenvalue weighted by molar-refractivity contribution is 0.113. The second-order valence-corrected chi connectivity index (χ2v) is 9.35. The van der Waals surface area contributed by atoms with Crippen LogP contribution in [0.25, 0.3) is 10.8 Å². The van der Waals surface area contributed by atoms with Crippen molar-refractivity contribution in [1.82, 2.24) is 0 Å². The summed E-state index contributed by atoms with van der Waals surface area (Å²) in [5, 5.41) is 1.07. The van der Waals surface area contributed by atoms with Crippen LogP contribution in [0.15, 0.2) is 36.4 Å². The van der Waals surface area contributed by atoms with Gasteiger partial charge in [-0.15, -0.1) is 0 Å². The Labute approximate surface area is 179 Å². The molecule has 0 aromatic heterocycles. The van der Waals surface area contributed by atoms with Crippen LogP contribution in [-0.4, -0.2) is 6.61 Å². The number of benzene rings is 2. The van der Waals surface area contributed by atoms with E-state index in [1.54, 1.807) is 6.07 Å². The van der Waals surface area contributed by atoms with E-state index >= 15 is 4.39 Å². The third-order valence-corrected chi connectivity index (χ3v) is 7.47. The highest BCUT2D eigenvalue weighted by Crippen LogP contribution is 2.49. The highest BCUT2D eigenvalue weighted by molar-refractivity contribution is 5.85. The molecule has 4 rings (SSSR count). The van der Waals surface area contributed by atoms with Crippen molar-refractivity contribution < 1.29 is 13.5 Å². The summed E-state index contributed by atoms with van der Waals surface area (Å²) in [5.74, 6) is 2.15. The van der Waals surface area contributed by atoms with E-state index in [9.17, 15) is 4.39 Å². The first-order valence-electron chi connectivity index (χ1n) is 11.8. The number of fused-ring (bicyclic) bond motifs is 2. The molecule has 3 heteroatoms. The van der Waals surface area contributed by atoms with Crippen molar-refractivity contribution in [2.24, 2.45) is 17.8 Å². The van der Waals surface area contributed by atoms with Gasteiger partial charge < -0.3 is 4.74 Å². The molecule has 0 aliphatic heterocycles. The number of rotatable bonds is 6. The summed E-state index contributed by atoms with van der Waals surface area (Å²) < 4.78 is 35.4. The molecule has 0 spiro atoms. The summed E-state index contributed by atoms with van der Waals surface area (Å²) in [6, 6.07) is 6.78. The quantitative estimate of drug-likeness (QED) is 0.435. The SMILES string of the molecule is CC=CCOc1cc2ccc(C3CCC4CC(CCC)CCC4C3)c(F)c2cc1F. The average Bonchev–Trinajstić information content (AvgIpc) is 2.75. The van der Waals surface area contributed by atoms with E-state index in [4.69, 9.17) is 4.74 Å². The maximum atomic E-state index is 15.4. The fourth-order valence-electron chi connectivity index (χ4n) is 5.90. The summed E-state index contributed by atoms with van der Waals surface area (Å²) in [4.78, 5) is 0. The standard InChI is InChI=1S/C27H34F2O/c1-3-5-13-30-26-16-22-11-12-23(27(29)24(22)17-25(26)28)21-10-9-19-14-18(6-4-2)7-8-20(19)15-21/h3,5,11-12,16-21H,4,6-10,13-15H2,1-2H3. The number of hydrogen-bond donors (Lipinski definition) is 0. The minimum absolute atomic E-state index is 0.178. The molecule has 2 aliphatic rings. The average molecular weight is 413 g/mol. The van der Waals surface area contributed by atoms with Gasteiger partial charge in [0.05, 0.1) is 0 Å². The Morgan fingerprint density at radius 2 is 1.83 bits per heavy atom. The number of allylic oxidation sites excluding steroid dienone is 1. The molecule has 162 valence electrons. The second-order valence-electron chi connectivity index (χ2n) is 9.35. The molecule has 0 bridgehead atoms. The van der Waals surface area contributed by atoms with Gasteiger partial charge in [0.2, 0.25) is 0 Å². The van der Waals surface area contributed by atoms with Crippen LogP contribution in [-0.2, 0) is 0 Å². The van der Waals surface area contributed by atoms with Gasteiger partial charge >= 0.3 is 0 Å². The highest BCUT2D eigenvalue weighted by Gasteiger charge is 2.36. The van der Waals surface area contributed by atoms with Crippen molar-refractivity contribution in [3.8, 4) is 5.75 Å². The summed E-state index contributed by atoms with van der Waals surface area (Å²) >= 11 is 0. The molecular formula is C27H34F2O. The Morgan fingerprint density at radius 3 is 2.63 bits per heavy atom. The van der Waals surface area contributed by atoms with Crippen molar-refractivity contribution in [2.75, 3.05) is 6.61 Å². The lowest BCUT2D eigenvalue weighted by Crippen LogP contribution is -2.30. The van der Waals surface area contributed by atoms with Crippen molar-refractivity contribution in [3.63, 3.8) is 0 Å². The molecule has 2 aliphatic carbocycles. The Kier molecular flexibility index (Phi) is 6.75. The molecule has 0 radical (unpaired) electrons. The van der Waals surface area contributed by atoms with E-state index in [1.807, 2.05) is 31.2 Å². The van der Waals surface area contributed by atoms with Crippen LogP contribution < -0.4 is 4.74 Å². The molecule has 2 aromatic rings. The third kappa shape index (κ3) is 4.40. The van der Waals surface area contributed by atoms with Gasteiger partial charge in [0.15, 0.2) is 11.6 Å². The molecule has 4 unspecified atom stereocenters. The summed E-state index contributed by atoms with van der Waals surface area (Å²) in [7, 11) is 0. The van der Waals surface area contributed by atoms with Crippen LogP contribution in [0, 0.1) is 29.4 Å². The molecule has 2 fully saturated rings. The Bertz CT molecular complexity index is 903. The third-order valence-electron chi connectivity index (χ3n) is 7.47. The van der Waals surface area contributed by atoms with Gasteiger partial charge in [-0.3, -0.25) is 0 Å². The topological polar surface area (TPSA) is 9.23 Å². The van der Waals surface area contributed by atoms with Crippen LogP contribution in [0.5, 0.6) is 5.75 Å². The van der Waals surface area contributed by atoms with Crippen molar-refractivity contribution >= 4 is 10.8 Å². The zero-order valence-electron chi connectivity index (χ0n) is 18.3. The van der Waals surface area contributed by atoms with Crippen LogP contribution in [0.4, 0.5) is 8.78 Å². The molecule has 0 saturated heterocycles. The Balaban J connectivity index is 1.52. The summed E-state index contributed by atoms with van der Waals surface area (Å²) in [6.07, 6.45) is 13.7. The lowest BCUT2D eigenvalue weighted by atomic mass is 9.63. The summed E-state index contributed by atoms with van der Waals surface area (Å²) in [5.41, 5.74) is 0.776. The van der Waals surface area contributed by atoms with Crippen molar-refractivity contribution in [2.45, 2.75) is 71.1 Å². The molecule has 2 saturated carbocycles. The van der Waals surface area contributed by atoms with E-state index < -0.39 is 5.82 Å². The number of hydrogen-bond acceptors (Lipinski definition) is 1. The second kappa shape index (κ2) is 9.49. The minimum atomic E-state index is -0.499. The maximum absolute atomic E-state index is 15.4.